The minimum absolute atomic E-state index is 0.721. The molecule has 2 heterocycles. The molecule has 0 radical (unpaired) electrons. The van der Waals surface area contributed by atoms with E-state index >= 15 is 0 Å². The van der Waals surface area contributed by atoms with E-state index in [4.69, 9.17) is 0 Å². The highest BCUT2D eigenvalue weighted by molar-refractivity contribution is 7.98. The van der Waals surface area contributed by atoms with Crippen LogP contribution in [-0.2, 0) is 0 Å². The van der Waals surface area contributed by atoms with Gasteiger partial charge in [-0.2, -0.15) is 0 Å². The second-order valence-electron chi connectivity index (χ2n) is 3.47. The van der Waals surface area contributed by atoms with Crippen molar-refractivity contribution in [3.63, 3.8) is 0 Å². The molecule has 0 saturated heterocycles. The summed E-state index contributed by atoms with van der Waals surface area (Å²) in [5.41, 5.74) is 2.06. The van der Waals surface area contributed by atoms with Crippen molar-refractivity contribution in [1.82, 2.24) is 15.2 Å². The van der Waals surface area contributed by atoms with Crippen LogP contribution in [0.15, 0.2) is 41.6 Å². The van der Waals surface area contributed by atoms with Crippen LogP contribution in [0.4, 0.5) is 0 Å². The molecule has 84 valence electrons. The minimum atomic E-state index is 0.721. The first-order chi connectivity index (χ1) is 8.36. The predicted octanol–water partition coefficient (Wildman–Crippen LogP) is 3.48. The van der Waals surface area contributed by atoms with E-state index < -0.39 is 0 Å². The fraction of sp³-hybridized carbons (Fsp3) is 0.0833. The zero-order valence-corrected chi connectivity index (χ0v) is 10.8. The summed E-state index contributed by atoms with van der Waals surface area (Å²) in [5, 5.41) is 8.94. The van der Waals surface area contributed by atoms with Crippen molar-refractivity contribution < 1.29 is 0 Å². The Kier molecular flexibility index (Phi) is 2.78. The second kappa shape index (κ2) is 4.43. The minimum Gasteiger partial charge on any atom is -0.208 e. The maximum absolute atomic E-state index is 4.45. The number of hydrogen-bond acceptors (Lipinski definition) is 5. The molecule has 0 N–H and O–H groups in total. The van der Waals surface area contributed by atoms with Crippen molar-refractivity contribution in [3.05, 3.63) is 36.4 Å². The maximum Gasteiger partial charge on any atom is 0.210 e. The Morgan fingerprint density at radius 2 is 1.94 bits per heavy atom. The average Bonchev–Trinajstić information content (AvgIpc) is 2.82. The molecule has 0 aliphatic rings. The third kappa shape index (κ3) is 2.03. The van der Waals surface area contributed by atoms with Gasteiger partial charge in [-0.25, -0.2) is 4.98 Å². The number of hydrogen-bond donors (Lipinski definition) is 0. The maximum atomic E-state index is 4.45. The fourth-order valence-electron chi connectivity index (χ4n) is 1.56. The number of aromatic nitrogens is 3. The molecule has 5 heteroatoms. The van der Waals surface area contributed by atoms with Crippen LogP contribution in [0.5, 0.6) is 0 Å². The van der Waals surface area contributed by atoms with Gasteiger partial charge in [-0.3, -0.25) is 0 Å². The van der Waals surface area contributed by atoms with E-state index in [1.54, 1.807) is 11.3 Å². The monoisotopic (exact) mass is 259 g/mol. The fourth-order valence-corrected chi connectivity index (χ4v) is 2.89. The molecule has 0 unspecified atom stereocenters. The third-order valence-electron chi connectivity index (χ3n) is 2.37. The van der Waals surface area contributed by atoms with Crippen molar-refractivity contribution in [2.24, 2.45) is 0 Å². The quantitative estimate of drug-likeness (QED) is 0.660. The number of thiophene rings is 1. The van der Waals surface area contributed by atoms with Crippen LogP contribution in [0.2, 0.25) is 0 Å². The van der Waals surface area contributed by atoms with Crippen LogP contribution >= 0.6 is 23.1 Å². The molecule has 0 aliphatic heterocycles. The number of nitrogens with zero attached hydrogens (tertiary/aromatic N) is 3. The molecule has 0 atom stereocenters. The lowest BCUT2D eigenvalue weighted by Gasteiger charge is -1.93. The summed E-state index contributed by atoms with van der Waals surface area (Å²) in [4.78, 5) is 6.58. The Balaban J connectivity index is 2.14. The largest absolute Gasteiger partial charge is 0.210 e. The summed E-state index contributed by atoms with van der Waals surface area (Å²) >= 11 is 3.16. The van der Waals surface area contributed by atoms with Gasteiger partial charge in [0, 0.05) is 4.88 Å². The molecule has 17 heavy (non-hydrogen) atoms. The molecule has 0 saturated carbocycles. The lowest BCUT2D eigenvalue weighted by molar-refractivity contribution is 0.887. The van der Waals surface area contributed by atoms with Gasteiger partial charge in [0.2, 0.25) is 5.16 Å². The van der Waals surface area contributed by atoms with Crippen LogP contribution < -0.4 is 0 Å². The molecular weight excluding hydrogens is 250 g/mol. The Morgan fingerprint density at radius 3 is 2.71 bits per heavy atom. The van der Waals surface area contributed by atoms with Gasteiger partial charge in [0.25, 0.3) is 0 Å². The van der Waals surface area contributed by atoms with Crippen LogP contribution in [0, 0.1) is 0 Å². The molecule has 0 spiro atoms. The summed E-state index contributed by atoms with van der Waals surface area (Å²) in [6.45, 7) is 0. The molecule has 0 amide bonds. The highest BCUT2D eigenvalue weighted by Crippen LogP contribution is 2.31. The normalized spacial score (nSPS) is 10.9. The van der Waals surface area contributed by atoms with Gasteiger partial charge in [-0.1, -0.05) is 42.1 Å². The number of rotatable bonds is 2. The van der Waals surface area contributed by atoms with E-state index in [0.717, 1.165) is 15.5 Å². The Bertz CT molecular complexity index is 649. The Morgan fingerprint density at radius 1 is 1.12 bits per heavy atom. The van der Waals surface area contributed by atoms with Crippen LogP contribution in [0.25, 0.3) is 20.8 Å². The Labute approximate surface area is 107 Å². The first kappa shape index (κ1) is 10.7. The predicted molar refractivity (Wildman–Crippen MR) is 72.4 cm³/mol. The summed E-state index contributed by atoms with van der Waals surface area (Å²) in [5.74, 6) is 0. The van der Waals surface area contributed by atoms with Gasteiger partial charge in [-0.15, -0.1) is 21.5 Å². The topological polar surface area (TPSA) is 38.7 Å². The summed E-state index contributed by atoms with van der Waals surface area (Å²) < 4.78 is 0. The van der Waals surface area contributed by atoms with Gasteiger partial charge < -0.3 is 0 Å². The van der Waals surface area contributed by atoms with Gasteiger partial charge in [0.05, 0.1) is 0 Å². The average molecular weight is 259 g/mol. The smallest absolute Gasteiger partial charge is 0.208 e. The van der Waals surface area contributed by atoms with E-state index in [1.807, 2.05) is 30.5 Å². The number of benzene rings is 1. The van der Waals surface area contributed by atoms with Gasteiger partial charge >= 0.3 is 0 Å². The highest BCUT2D eigenvalue weighted by Gasteiger charge is 2.07. The van der Waals surface area contributed by atoms with Crippen molar-refractivity contribution in [2.75, 3.05) is 6.26 Å². The third-order valence-corrected chi connectivity index (χ3v) is 3.98. The molecule has 3 aromatic rings. The molecule has 0 bridgehead atoms. The van der Waals surface area contributed by atoms with Gasteiger partial charge in [-0.05, 0) is 17.9 Å². The van der Waals surface area contributed by atoms with E-state index in [1.165, 1.54) is 22.2 Å². The first-order valence-electron chi connectivity index (χ1n) is 5.10. The van der Waals surface area contributed by atoms with Gasteiger partial charge in [0.15, 0.2) is 0 Å². The van der Waals surface area contributed by atoms with Crippen molar-refractivity contribution in [2.45, 2.75) is 5.16 Å². The summed E-state index contributed by atoms with van der Waals surface area (Å²) in [6, 6.07) is 12.3. The first-order valence-corrected chi connectivity index (χ1v) is 7.14. The summed E-state index contributed by atoms with van der Waals surface area (Å²) in [7, 11) is 0. The van der Waals surface area contributed by atoms with Crippen LogP contribution in [-0.4, -0.2) is 21.4 Å². The van der Waals surface area contributed by atoms with Crippen molar-refractivity contribution >= 4 is 33.4 Å². The molecule has 3 rings (SSSR count). The molecule has 0 aliphatic carbocycles. The van der Waals surface area contributed by atoms with E-state index in [2.05, 4.69) is 27.3 Å². The Hall–Kier alpha value is -1.46. The molecule has 0 fully saturated rings. The van der Waals surface area contributed by atoms with E-state index in [9.17, 15) is 0 Å². The zero-order chi connectivity index (χ0) is 11.7. The second-order valence-corrected chi connectivity index (χ2v) is 5.27. The molecule has 3 nitrogen and oxygen atoms in total. The van der Waals surface area contributed by atoms with Crippen LogP contribution in [0.3, 0.4) is 0 Å². The van der Waals surface area contributed by atoms with Gasteiger partial charge in [0.1, 0.15) is 10.3 Å². The molecule has 2 aromatic heterocycles. The highest BCUT2D eigenvalue weighted by atomic mass is 32.2. The zero-order valence-electron chi connectivity index (χ0n) is 9.12. The summed E-state index contributed by atoms with van der Waals surface area (Å²) in [6.07, 6.45) is 1.95. The molecule has 1 aromatic carbocycles. The van der Waals surface area contributed by atoms with E-state index in [-0.39, 0.29) is 0 Å². The van der Waals surface area contributed by atoms with Crippen molar-refractivity contribution in [1.29, 1.82) is 0 Å². The van der Waals surface area contributed by atoms with Crippen molar-refractivity contribution in [3.8, 4) is 10.4 Å². The molecular formula is C12H9N3S2. The number of thioether (sulfide) groups is 1. The SMILES string of the molecule is CSc1nnc2cc(-c3ccccc3)sc2n1. The number of fused-ring (bicyclic) bond motifs is 1. The lowest BCUT2D eigenvalue weighted by atomic mass is 10.2. The van der Waals surface area contributed by atoms with E-state index in [0.29, 0.717) is 0 Å². The van der Waals surface area contributed by atoms with Crippen LogP contribution in [0.1, 0.15) is 0 Å². The standard InChI is InChI=1S/C12H9N3S2/c1-16-12-13-11-9(14-15-12)7-10(17-11)8-5-3-2-4-6-8/h2-7H,1H3. The lowest BCUT2D eigenvalue weighted by Crippen LogP contribution is -1.87.